The van der Waals surface area contributed by atoms with Crippen molar-refractivity contribution in [3.05, 3.63) is 47.8 Å². The molecule has 0 fully saturated rings. The van der Waals surface area contributed by atoms with E-state index in [4.69, 9.17) is 0 Å². The van der Waals surface area contributed by atoms with Crippen molar-refractivity contribution in [3.8, 4) is 0 Å². The van der Waals surface area contributed by atoms with Gasteiger partial charge in [-0.05, 0) is 12.1 Å². The smallest absolute Gasteiger partial charge is 0.246 e. The normalized spacial score (nSPS) is 12.1. The molecule has 0 spiro atoms. The van der Waals surface area contributed by atoms with Gasteiger partial charge in [-0.25, -0.2) is 26.6 Å². The molecule has 1 N–H and O–H groups in total. The molecule has 5 nitrogen and oxygen atoms in total. The van der Waals surface area contributed by atoms with E-state index in [1.54, 1.807) is 0 Å². The first-order chi connectivity index (χ1) is 9.34. The van der Waals surface area contributed by atoms with Gasteiger partial charge in [-0.2, -0.15) is 4.31 Å². The molecule has 1 aromatic carbocycles. The molecule has 20 heavy (non-hydrogen) atoms. The molecule has 2 aromatic rings. The van der Waals surface area contributed by atoms with Gasteiger partial charge in [-0.3, -0.25) is 0 Å². The summed E-state index contributed by atoms with van der Waals surface area (Å²) in [5.41, 5.74) is 0. The molecular formula is C11H10F3N3O2S. The van der Waals surface area contributed by atoms with Crippen molar-refractivity contribution in [2.45, 2.75) is 11.4 Å². The van der Waals surface area contributed by atoms with Gasteiger partial charge in [0.1, 0.15) is 10.7 Å². The largest absolute Gasteiger partial charge is 0.347 e. The van der Waals surface area contributed by atoms with Crippen LogP contribution in [0.2, 0.25) is 0 Å². The van der Waals surface area contributed by atoms with Gasteiger partial charge in [0.15, 0.2) is 17.5 Å². The van der Waals surface area contributed by atoms with E-state index in [2.05, 4.69) is 9.97 Å². The Bertz CT molecular complexity index is 717. The first-order valence-corrected chi connectivity index (χ1v) is 6.86. The highest BCUT2D eigenvalue weighted by molar-refractivity contribution is 7.89. The Balaban J connectivity index is 2.37. The van der Waals surface area contributed by atoms with Crippen molar-refractivity contribution >= 4 is 10.0 Å². The summed E-state index contributed by atoms with van der Waals surface area (Å²) >= 11 is 0. The van der Waals surface area contributed by atoms with Crippen LogP contribution in [-0.2, 0) is 16.6 Å². The lowest BCUT2D eigenvalue weighted by Crippen LogP contribution is -2.28. The van der Waals surface area contributed by atoms with Crippen molar-refractivity contribution in [2.24, 2.45) is 0 Å². The van der Waals surface area contributed by atoms with Crippen LogP contribution in [0.3, 0.4) is 0 Å². The number of sulfonamides is 1. The third-order valence-electron chi connectivity index (χ3n) is 2.62. The maximum absolute atomic E-state index is 13.6. The number of H-pyrrole nitrogens is 1. The summed E-state index contributed by atoms with van der Waals surface area (Å²) in [6.45, 7) is -0.159. The van der Waals surface area contributed by atoms with Gasteiger partial charge in [0.2, 0.25) is 10.0 Å². The van der Waals surface area contributed by atoms with Gasteiger partial charge in [0.25, 0.3) is 0 Å². The lowest BCUT2D eigenvalue weighted by molar-refractivity contribution is 0.419. The number of hydrogen-bond donors (Lipinski definition) is 1. The van der Waals surface area contributed by atoms with Crippen LogP contribution >= 0.6 is 0 Å². The minimum absolute atomic E-state index is 0.159. The van der Waals surface area contributed by atoms with Crippen LogP contribution < -0.4 is 0 Å². The van der Waals surface area contributed by atoms with E-state index in [0.29, 0.717) is 18.0 Å². The zero-order chi connectivity index (χ0) is 14.9. The van der Waals surface area contributed by atoms with Crippen molar-refractivity contribution in [3.63, 3.8) is 0 Å². The van der Waals surface area contributed by atoms with Crippen LogP contribution in [0.15, 0.2) is 29.4 Å². The van der Waals surface area contributed by atoms with E-state index < -0.39 is 32.4 Å². The predicted molar refractivity (Wildman–Crippen MR) is 63.6 cm³/mol. The van der Waals surface area contributed by atoms with Crippen LogP contribution in [0, 0.1) is 17.5 Å². The number of aromatic nitrogens is 2. The highest BCUT2D eigenvalue weighted by Crippen LogP contribution is 2.22. The molecule has 0 atom stereocenters. The predicted octanol–water partition coefficient (Wildman–Crippen LogP) is 1.65. The molecule has 1 heterocycles. The average Bonchev–Trinajstić information content (AvgIpc) is 2.88. The van der Waals surface area contributed by atoms with Gasteiger partial charge in [0, 0.05) is 19.4 Å². The monoisotopic (exact) mass is 305 g/mol. The van der Waals surface area contributed by atoms with E-state index in [0.717, 1.165) is 4.31 Å². The Morgan fingerprint density at radius 3 is 2.55 bits per heavy atom. The lowest BCUT2D eigenvalue weighted by atomic mass is 10.3. The van der Waals surface area contributed by atoms with Crippen molar-refractivity contribution in [2.75, 3.05) is 7.05 Å². The molecule has 108 valence electrons. The summed E-state index contributed by atoms with van der Waals surface area (Å²) in [6.07, 6.45) is 2.92. The second-order valence-electron chi connectivity index (χ2n) is 3.97. The highest BCUT2D eigenvalue weighted by Gasteiger charge is 2.28. The van der Waals surface area contributed by atoms with E-state index in [1.807, 2.05) is 0 Å². The quantitative estimate of drug-likeness (QED) is 0.873. The summed E-state index contributed by atoms with van der Waals surface area (Å²) in [6, 6.07) is 1.24. The second-order valence-corrected chi connectivity index (χ2v) is 5.98. The SMILES string of the molecule is CN(Cc1ncc[nH]1)S(=O)(=O)c1ccc(F)c(F)c1F. The fourth-order valence-corrected chi connectivity index (χ4v) is 2.74. The van der Waals surface area contributed by atoms with Crippen molar-refractivity contribution in [1.82, 2.24) is 14.3 Å². The number of nitrogens with zero attached hydrogens (tertiary/aromatic N) is 2. The minimum Gasteiger partial charge on any atom is -0.347 e. The third-order valence-corrected chi connectivity index (χ3v) is 4.44. The van der Waals surface area contributed by atoms with Gasteiger partial charge in [-0.15, -0.1) is 0 Å². The number of benzene rings is 1. The molecule has 0 unspecified atom stereocenters. The summed E-state index contributed by atoms with van der Waals surface area (Å²) < 4.78 is 64.5. The Labute approximate surface area is 113 Å². The Kier molecular flexibility index (Phi) is 3.82. The molecule has 0 bridgehead atoms. The molecule has 0 amide bonds. The van der Waals surface area contributed by atoms with Gasteiger partial charge >= 0.3 is 0 Å². The summed E-state index contributed by atoms with van der Waals surface area (Å²) in [7, 11) is -3.11. The van der Waals surface area contributed by atoms with E-state index in [-0.39, 0.29) is 6.54 Å². The number of halogens is 3. The zero-order valence-electron chi connectivity index (χ0n) is 10.3. The summed E-state index contributed by atoms with van der Waals surface area (Å²) in [5, 5.41) is 0. The second kappa shape index (κ2) is 5.25. The molecular weight excluding hydrogens is 295 g/mol. The highest BCUT2D eigenvalue weighted by atomic mass is 32.2. The van der Waals surface area contributed by atoms with Gasteiger partial charge < -0.3 is 4.98 Å². The molecule has 0 saturated heterocycles. The van der Waals surface area contributed by atoms with E-state index in [1.165, 1.54) is 19.4 Å². The first kappa shape index (κ1) is 14.5. The van der Waals surface area contributed by atoms with E-state index in [9.17, 15) is 21.6 Å². The lowest BCUT2D eigenvalue weighted by Gasteiger charge is -2.16. The zero-order valence-corrected chi connectivity index (χ0v) is 11.1. The first-order valence-electron chi connectivity index (χ1n) is 5.42. The van der Waals surface area contributed by atoms with Crippen LogP contribution in [0.4, 0.5) is 13.2 Å². The van der Waals surface area contributed by atoms with Crippen LogP contribution in [0.1, 0.15) is 5.82 Å². The maximum Gasteiger partial charge on any atom is 0.246 e. The van der Waals surface area contributed by atoms with Gasteiger partial charge in [-0.1, -0.05) is 0 Å². The number of hydrogen-bond acceptors (Lipinski definition) is 3. The van der Waals surface area contributed by atoms with Crippen LogP contribution in [-0.4, -0.2) is 29.7 Å². The number of rotatable bonds is 4. The Morgan fingerprint density at radius 2 is 1.95 bits per heavy atom. The molecule has 2 rings (SSSR count). The summed E-state index contributed by atoms with van der Waals surface area (Å²) in [4.78, 5) is 5.58. The number of imidazole rings is 1. The molecule has 0 aliphatic rings. The molecule has 9 heteroatoms. The average molecular weight is 305 g/mol. The fourth-order valence-electron chi connectivity index (χ4n) is 1.56. The van der Waals surface area contributed by atoms with Crippen molar-refractivity contribution in [1.29, 1.82) is 0 Å². The number of nitrogens with one attached hydrogen (secondary N) is 1. The topological polar surface area (TPSA) is 66.1 Å². The van der Waals surface area contributed by atoms with E-state index >= 15 is 0 Å². The Morgan fingerprint density at radius 1 is 1.25 bits per heavy atom. The Hall–Kier alpha value is -1.87. The minimum atomic E-state index is -4.29. The third kappa shape index (κ3) is 2.54. The molecule has 0 aliphatic heterocycles. The molecule has 1 aromatic heterocycles. The standard InChI is InChI=1S/C11H10F3N3O2S/c1-17(6-9-15-4-5-16-9)20(18,19)8-3-2-7(12)10(13)11(8)14/h2-5H,6H2,1H3,(H,15,16). The number of aromatic amines is 1. The van der Waals surface area contributed by atoms with Crippen LogP contribution in [0.25, 0.3) is 0 Å². The van der Waals surface area contributed by atoms with Crippen LogP contribution in [0.5, 0.6) is 0 Å². The summed E-state index contributed by atoms with van der Waals surface area (Å²) in [5.74, 6) is -4.68. The van der Waals surface area contributed by atoms with Gasteiger partial charge in [0.05, 0.1) is 6.54 Å². The molecule has 0 radical (unpaired) electrons. The fraction of sp³-hybridized carbons (Fsp3) is 0.182. The van der Waals surface area contributed by atoms with Crippen molar-refractivity contribution < 1.29 is 21.6 Å². The molecule has 0 saturated carbocycles. The molecule has 0 aliphatic carbocycles. The maximum atomic E-state index is 13.6.